The Balaban J connectivity index is 1.55. The summed E-state index contributed by atoms with van der Waals surface area (Å²) in [6.07, 6.45) is 6.67. The van der Waals surface area contributed by atoms with Crippen LogP contribution in [0.1, 0.15) is 43.8 Å². The minimum Gasteiger partial charge on any atom is -0.375 e. The van der Waals surface area contributed by atoms with E-state index in [4.69, 9.17) is 4.74 Å². The number of nitrogens with zero attached hydrogens (tertiary/aromatic N) is 2. The number of hydrogen-bond donors (Lipinski definition) is 0. The highest BCUT2D eigenvalue weighted by Gasteiger charge is 2.46. The summed E-state index contributed by atoms with van der Waals surface area (Å²) < 4.78 is 5.91. The summed E-state index contributed by atoms with van der Waals surface area (Å²) in [5.74, 6) is 0.0960. The van der Waals surface area contributed by atoms with Gasteiger partial charge in [0.2, 0.25) is 5.91 Å². The fourth-order valence-electron chi connectivity index (χ4n) is 3.59. The summed E-state index contributed by atoms with van der Waals surface area (Å²) in [5.41, 5.74) is 1.15. The molecular formula is C17H24N2O2S. The molecule has 2 fully saturated rings. The number of ether oxygens (including phenoxy) is 1. The van der Waals surface area contributed by atoms with Gasteiger partial charge in [0.15, 0.2) is 0 Å². The summed E-state index contributed by atoms with van der Waals surface area (Å²) in [7, 11) is 0. The number of hydrogen-bond acceptors (Lipinski definition) is 4. The molecule has 1 spiro atoms. The third-order valence-electron chi connectivity index (χ3n) is 4.74. The molecule has 1 aromatic rings. The Labute approximate surface area is 136 Å². The second-order valence-electron chi connectivity index (χ2n) is 7.18. The predicted octanol–water partition coefficient (Wildman–Crippen LogP) is 3.27. The van der Waals surface area contributed by atoms with Crippen molar-refractivity contribution in [3.8, 4) is 0 Å². The fraction of sp³-hybridized carbons (Fsp3) is 0.647. The van der Waals surface area contributed by atoms with E-state index in [0.717, 1.165) is 49.7 Å². The maximum atomic E-state index is 12.3. The maximum Gasteiger partial charge on any atom is 0.246 e. The van der Waals surface area contributed by atoms with E-state index in [1.54, 1.807) is 17.4 Å². The molecule has 1 amide bonds. The van der Waals surface area contributed by atoms with Crippen molar-refractivity contribution in [2.75, 3.05) is 19.7 Å². The van der Waals surface area contributed by atoms with Crippen molar-refractivity contribution in [3.05, 3.63) is 22.2 Å². The Bertz CT molecular complexity index is 583. The molecule has 0 N–H and O–H groups in total. The molecule has 3 heterocycles. The molecule has 120 valence electrons. The molecule has 5 heteroatoms. The van der Waals surface area contributed by atoms with E-state index < -0.39 is 0 Å². The second kappa shape index (κ2) is 5.78. The van der Waals surface area contributed by atoms with Gasteiger partial charge in [0, 0.05) is 24.5 Å². The number of amides is 1. The first-order valence-corrected chi connectivity index (χ1v) is 8.79. The molecule has 0 atom stereocenters. The van der Waals surface area contributed by atoms with Crippen LogP contribution in [-0.4, -0.2) is 41.1 Å². The minimum absolute atomic E-state index is 0.00540. The molecular weight excluding hydrogens is 296 g/mol. The van der Waals surface area contributed by atoms with Gasteiger partial charge < -0.3 is 9.64 Å². The monoisotopic (exact) mass is 320 g/mol. The second-order valence-corrected chi connectivity index (χ2v) is 8.24. The number of carbonyl (C=O) groups is 1. The highest BCUT2D eigenvalue weighted by atomic mass is 32.1. The van der Waals surface area contributed by atoms with Gasteiger partial charge in [-0.15, -0.1) is 11.3 Å². The molecule has 2 aliphatic heterocycles. The Morgan fingerprint density at radius 1 is 1.41 bits per heavy atom. The zero-order valence-corrected chi connectivity index (χ0v) is 14.4. The standard InChI is InChI=1S/C17H24N2O2S/c1-13-18-14(10-22-13)4-5-15(20)19-8-6-17(7-9-19)11-16(2,3)21-12-17/h4-5,10H,6-9,11-12H2,1-3H3/b5-4+. The van der Waals surface area contributed by atoms with Crippen molar-refractivity contribution in [2.45, 2.75) is 45.6 Å². The van der Waals surface area contributed by atoms with Crippen LogP contribution in [0, 0.1) is 12.3 Å². The molecule has 22 heavy (non-hydrogen) atoms. The van der Waals surface area contributed by atoms with Crippen molar-refractivity contribution in [3.63, 3.8) is 0 Å². The van der Waals surface area contributed by atoms with E-state index in [9.17, 15) is 4.79 Å². The molecule has 0 radical (unpaired) electrons. The molecule has 1 aromatic heterocycles. The van der Waals surface area contributed by atoms with Gasteiger partial charge in [-0.3, -0.25) is 4.79 Å². The van der Waals surface area contributed by atoms with Crippen LogP contribution in [0.4, 0.5) is 0 Å². The van der Waals surface area contributed by atoms with E-state index in [1.165, 1.54) is 0 Å². The molecule has 4 nitrogen and oxygen atoms in total. The predicted molar refractivity (Wildman–Crippen MR) is 88.8 cm³/mol. The van der Waals surface area contributed by atoms with E-state index in [-0.39, 0.29) is 16.9 Å². The van der Waals surface area contributed by atoms with E-state index >= 15 is 0 Å². The van der Waals surface area contributed by atoms with Gasteiger partial charge in [0.05, 0.1) is 22.9 Å². The number of aromatic nitrogens is 1. The Morgan fingerprint density at radius 2 is 2.14 bits per heavy atom. The lowest BCUT2D eigenvalue weighted by atomic mass is 9.74. The lowest BCUT2D eigenvalue weighted by Crippen LogP contribution is -2.43. The van der Waals surface area contributed by atoms with Gasteiger partial charge in [-0.25, -0.2) is 4.98 Å². The Kier molecular flexibility index (Phi) is 4.12. The first kappa shape index (κ1) is 15.7. The molecule has 0 unspecified atom stereocenters. The lowest BCUT2D eigenvalue weighted by molar-refractivity contribution is -0.128. The van der Waals surface area contributed by atoms with Gasteiger partial charge in [-0.1, -0.05) is 0 Å². The van der Waals surface area contributed by atoms with E-state index in [0.29, 0.717) is 0 Å². The first-order chi connectivity index (χ1) is 10.4. The molecule has 2 aliphatic rings. The molecule has 0 saturated carbocycles. The normalized spacial score (nSPS) is 23.5. The van der Waals surface area contributed by atoms with Crippen LogP contribution in [0.3, 0.4) is 0 Å². The number of thiazole rings is 1. The summed E-state index contributed by atoms with van der Waals surface area (Å²) in [5, 5.41) is 3.00. The summed E-state index contributed by atoms with van der Waals surface area (Å²) in [6, 6.07) is 0. The topological polar surface area (TPSA) is 42.4 Å². The number of piperidine rings is 1. The highest BCUT2D eigenvalue weighted by molar-refractivity contribution is 7.09. The zero-order valence-electron chi connectivity index (χ0n) is 13.6. The fourth-order valence-corrected chi connectivity index (χ4v) is 4.18. The van der Waals surface area contributed by atoms with Crippen molar-refractivity contribution in [1.82, 2.24) is 9.88 Å². The van der Waals surface area contributed by atoms with Crippen LogP contribution in [0.2, 0.25) is 0 Å². The maximum absolute atomic E-state index is 12.3. The van der Waals surface area contributed by atoms with Gasteiger partial charge in [0.1, 0.15) is 0 Å². The average Bonchev–Trinajstić information content (AvgIpc) is 3.01. The smallest absolute Gasteiger partial charge is 0.246 e. The average molecular weight is 320 g/mol. The molecule has 0 aromatic carbocycles. The number of rotatable bonds is 2. The highest BCUT2D eigenvalue weighted by Crippen LogP contribution is 2.46. The Hall–Kier alpha value is -1.20. The quantitative estimate of drug-likeness (QED) is 0.785. The van der Waals surface area contributed by atoms with Crippen LogP contribution in [0.25, 0.3) is 6.08 Å². The molecule has 2 saturated heterocycles. The van der Waals surface area contributed by atoms with Gasteiger partial charge >= 0.3 is 0 Å². The van der Waals surface area contributed by atoms with Gasteiger partial charge in [-0.05, 0) is 51.5 Å². The zero-order chi connectivity index (χ0) is 15.8. The third kappa shape index (κ3) is 3.41. The molecule has 0 bridgehead atoms. The van der Waals surface area contributed by atoms with Crippen LogP contribution in [0.15, 0.2) is 11.5 Å². The van der Waals surface area contributed by atoms with Crippen LogP contribution >= 0.6 is 11.3 Å². The van der Waals surface area contributed by atoms with Crippen LogP contribution < -0.4 is 0 Å². The SMILES string of the molecule is Cc1nc(/C=C/C(=O)N2CCC3(CC2)COC(C)(C)C3)cs1. The van der Waals surface area contributed by atoms with Gasteiger partial charge in [-0.2, -0.15) is 0 Å². The number of carbonyl (C=O) groups excluding carboxylic acids is 1. The van der Waals surface area contributed by atoms with Gasteiger partial charge in [0.25, 0.3) is 0 Å². The third-order valence-corrected chi connectivity index (χ3v) is 5.53. The van der Waals surface area contributed by atoms with Crippen molar-refractivity contribution >= 4 is 23.3 Å². The van der Waals surface area contributed by atoms with Crippen molar-refractivity contribution in [1.29, 1.82) is 0 Å². The molecule has 3 rings (SSSR count). The molecule has 0 aliphatic carbocycles. The summed E-state index contributed by atoms with van der Waals surface area (Å²) in [4.78, 5) is 18.6. The minimum atomic E-state index is -0.00540. The lowest BCUT2D eigenvalue weighted by Gasteiger charge is -2.38. The van der Waals surface area contributed by atoms with E-state index in [2.05, 4.69) is 18.8 Å². The number of likely N-dealkylation sites (tertiary alicyclic amines) is 1. The van der Waals surface area contributed by atoms with Crippen molar-refractivity contribution < 1.29 is 9.53 Å². The summed E-state index contributed by atoms with van der Waals surface area (Å²) in [6.45, 7) is 8.81. The van der Waals surface area contributed by atoms with Crippen LogP contribution in [0.5, 0.6) is 0 Å². The first-order valence-electron chi connectivity index (χ1n) is 7.91. The largest absolute Gasteiger partial charge is 0.375 e. The van der Waals surface area contributed by atoms with E-state index in [1.807, 2.05) is 23.3 Å². The van der Waals surface area contributed by atoms with Crippen LogP contribution in [-0.2, 0) is 9.53 Å². The Morgan fingerprint density at radius 3 is 2.68 bits per heavy atom. The van der Waals surface area contributed by atoms with Crippen molar-refractivity contribution in [2.24, 2.45) is 5.41 Å². The number of aryl methyl sites for hydroxylation is 1. The summed E-state index contributed by atoms with van der Waals surface area (Å²) >= 11 is 1.60.